The summed E-state index contributed by atoms with van der Waals surface area (Å²) in [6.07, 6.45) is -4.39. The van der Waals surface area contributed by atoms with Gasteiger partial charge in [0.05, 0.1) is 0 Å². The summed E-state index contributed by atoms with van der Waals surface area (Å²) in [4.78, 5) is 23.1. The van der Waals surface area contributed by atoms with Gasteiger partial charge in [-0.05, 0) is 23.8 Å². The fourth-order valence-corrected chi connectivity index (χ4v) is 1.77. The van der Waals surface area contributed by atoms with Crippen LogP contribution in [0.3, 0.4) is 0 Å². The fraction of sp³-hybridized carbons (Fsp3) is 0.267. The van der Waals surface area contributed by atoms with Crippen LogP contribution >= 0.6 is 0 Å². The second-order valence-corrected chi connectivity index (χ2v) is 4.91. The topological polar surface area (TPSA) is 73.2 Å². The van der Waals surface area contributed by atoms with Crippen LogP contribution in [0, 0.1) is 0 Å². The number of benzene rings is 1. The predicted molar refractivity (Wildman–Crippen MR) is 78.6 cm³/mol. The van der Waals surface area contributed by atoms with Gasteiger partial charge in [0, 0.05) is 19.7 Å². The van der Waals surface area contributed by atoms with Crippen LogP contribution in [0.15, 0.2) is 41.2 Å². The second-order valence-electron chi connectivity index (χ2n) is 4.91. The van der Waals surface area contributed by atoms with Gasteiger partial charge in [-0.3, -0.25) is 9.59 Å². The maximum absolute atomic E-state index is 12.0. The quantitative estimate of drug-likeness (QED) is 0.898. The number of ether oxygens (including phenoxy) is 1. The van der Waals surface area contributed by atoms with E-state index in [1.165, 1.54) is 31.3 Å². The number of carbonyl (C=O) groups is 1. The second kappa shape index (κ2) is 7.16. The minimum Gasteiger partial charge on any atom is -0.484 e. The highest BCUT2D eigenvalue weighted by Crippen LogP contribution is 2.18. The molecule has 1 amide bonds. The Hall–Kier alpha value is -2.84. The zero-order valence-corrected chi connectivity index (χ0v) is 12.6. The molecule has 0 aliphatic carbocycles. The summed E-state index contributed by atoms with van der Waals surface area (Å²) < 4.78 is 41.8. The average molecular weight is 341 g/mol. The molecule has 0 fully saturated rings. The lowest BCUT2D eigenvalue weighted by molar-refractivity contribution is -0.153. The molecule has 1 heterocycles. The maximum atomic E-state index is 12.0. The Morgan fingerprint density at radius 1 is 1.21 bits per heavy atom. The van der Waals surface area contributed by atoms with Crippen LogP contribution in [0.1, 0.15) is 16.1 Å². The number of alkyl halides is 3. The van der Waals surface area contributed by atoms with Crippen LogP contribution in [-0.4, -0.2) is 28.5 Å². The molecule has 0 saturated heterocycles. The summed E-state index contributed by atoms with van der Waals surface area (Å²) in [5.74, 6) is -0.384. The normalized spacial score (nSPS) is 11.2. The van der Waals surface area contributed by atoms with Crippen molar-refractivity contribution in [3.63, 3.8) is 0 Å². The van der Waals surface area contributed by atoms with Gasteiger partial charge in [-0.2, -0.15) is 18.3 Å². The van der Waals surface area contributed by atoms with Crippen LogP contribution in [-0.2, 0) is 13.6 Å². The van der Waals surface area contributed by atoms with Gasteiger partial charge in [-0.25, -0.2) is 4.68 Å². The molecule has 0 bridgehead atoms. The fourth-order valence-electron chi connectivity index (χ4n) is 1.77. The minimum absolute atomic E-state index is 0.0853. The van der Waals surface area contributed by atoms with E-state index in [2.05, 4.69) is 15.2 Å². The molecule has 2 rings (SSSR count). The van der Waals surface area contributed by atoms with Crippen LogP contribution in [0.25, 0.3) is 0 Å². The van der Waals surface area contributed by atoms with E-state index in [0.29, 0.717) is 5.56 Å². The lowest BCUT2D eigenvalue weighted by Gasteiger charge is -2.10. The first kappa shape index (κ1) is 17.5. The van der Waals surface area contributed by atoms with E-state index in [1.807, 2.05) is 0 Å². The first-order valence-electron chi connectivity index (χ1n) is 6.86. The Morgan fingerprint density at radius 3 is 2.46 bits per heavy atom. The minimum atomic E-state index is -4.39. The van der Waals surface area contributed by atoms with E-state index >= 15 is 0 Å². The van der Waals surface area contributed by atoms with Crippen molar-refractivity contribution in [2.75, 3.05) is 6.61 Å². The zero-order valence-electron chi connectivity index (χ0n) is 12.6. The third-order valence-electron chi connectivity index (χ3n) is 2.97. The maximum Gasteiger partial charge on any atom is 0.422 e. The van der Waals surface area contributed by atoms with Gasteiger partial charge in [0.25, 0.3) is 11.5 Å². The SMILES string of the molecule is Cn1nc(C(=O)NCc2ccc(OCC(F)(F)F)cc2)ccc1=O. The molecular weight excluding hydrogens is 327 g/mol. The van der Waals surface area contributed by atoms with Crippen molar-refractivity contribution >= 4 is 5.91 Å². The monoisotopic (exact) mass is 341 g/mol. The number of rotatable bonds is 5. The molecule has 1 aromatic carbocycles. The van der Waals surface area contributed by atoms with Crippen molar-refractivity contribution in [3.8, 4) is 5.75 Å². The van der Waals surface area contributed by atoms with E-state index in [4.69, 9.17) is 0 Å². The number of carbonyl (C=O) groups excluding carboxylic acids is 1. The third-order valence-corrected chi connectivity index (χ3v) is 2.97. The molecule has 0 aliphatic heterocycles. The lowest BCUT2D eigenvalue weighted by atomic mass is 10.2. The van der Waals surface area contributed by atoms with Crippen molar-refractivity contribution in [2.24, 2.45) is 7.05 Å². The predicted octanol–water partition coefficient (Wildman–Crippen LogP) is 1.65. The number of hydrogen-bond donors (Lipinski definition) is 1. The molecule has 0 unspecified atom stereocenters. The van der Waals surface area contributed by atoms with Gasteiger partial charge in [-0.15, -0.1) is 0 Å². The van der Waals surface area contributed by atoms with Gasteiger partial charge < -0.3 is 10.1 Å². The van der Waals surface area contributed by atoms with Crippen molar-refractivity contribution in [3.05, 3.63) is 58.0 Å². The summed E-state index contributed by atoms with van der Waals surface area (Å²) in [7, 11) is 1.43. The lowest BCUT2D eigenvalue weighted by Crippen LogP contribution is -2.28. The molecule has 24 heavy (non-hydrogen) atoms. The molecule has 128 valence electrons. The molecular formula is C15H14F3N3O3. The summed E-state index contributed by atoms with van der Waals surface area (Å²) in [6.45, 7) is -1.20. The van der Waals surface area contributed by atoms with Crippen LogP contribution < -0.4 is 15.6 Å². The van der Waals surface area contributed by atoms with E-state index < -0.39 is 18.7 Å². The van der Waals surface area contributed by atoms with Crippen molar-refractivity contribution < 1.29 is 22.7 Å². The standard InChI is InChI=1S/C15H14F3N3O3/c1-21-13(22)7-6-12(20-21)14(23)19-8-10-2-4-11(5-3-10)24-9-15(16,17)18/h2-7H,8-9H2,1H3,(H,19,23). The molecule has 6 nitrogen and oxygen atoms in total. The van der Waals surface area contributed by atoms with E-state index in [9.17, 15) is 22.8 Å². The molecule has 0 aliphatic rings. The van der Waals surface area contributed by atoms with Gasteiger partial charge in [0.15, 0.2) is 6.61 Å². The number of hydrogen-bond acceptors (Lipinski definition) is 4. The van der Waals surface area contributed by atoms with Gasteiger partial charge in [0.1, 0.15) is 11.4 Å². The van der Waals surface area contributed by atoms with E-state index in [1.54, 1.807) is 12.1 Å². The molecule has 9 heteroatoms. The van der Waals surface area contributed by atoms with Gasteiger partial charge in [-0.1, -0.05) is 12.1 Å². The molecule has 1 N–H and O–H groups in total. The summed E-state index contributed by atoms with van der Waals surface area (Å²) in [5, 5.41) is 6.41. The first-order valence-corrected chi connectivity index (χ1v) is 6.86. The molecule has 0 saturated carbocycles. The van der Waals surface area contributed by atoms with Crippen molar-refractivity contribution in [1.82, 2.24) is 15.1 Å². The highest BCUT2D eigenvalue weighted by atomic mass is 19.4. The van der Waals surface area contributed by atoms with Crippen molar-refractivity contribution in [1.29, 1.82) is 0 Å². The Morgan fingerprint density at radius 2 is 1.88 bits per heavy atom. The van der Waals surface area contributed by atoms with Gasteiger partial charge in [0.2, 0.25) is 0 Å². The first-order chi connectivity index (χ1) is 11.2. The van der Waals surface area contributed by atoms with Crippen LogP contribution in [0.5, 0.6) is 5.75 Å². The highest BCUT2D eigenvalue weighted by Gasteiger charge is 2.28. The third kappa shape index (κ3) is 5.11. The Kier molecular flexibility index (Phi) is 5.22. The van der Waals surface area contributed by atoms with E-state index in [-0.39, 0.29) is 23.5 Å². The smallest absolute Gasteiger partial charge is 0.422 e. The Labute approximate surface area is 134 Å². The number of nitrogens with zero attached hydrogens (tertiary/aromatic N) is 2. The molecule has 1 aromatic heterocycles. The largest absolute Gasteiger partial charge is 0.484 e. The van der Waals surface area contributed by atoms with Gasteiger partial charge >= 0.3 is 6.18 Å². The number of aryl methyl sites for hydroxylation is 1. The molecule has 0 spiro atoms. The van der Waals surface area contributed by atoms with Crippen LogP contribution in [0.2, 0.25) is 0 Å². The van der Waals surface area contributed by atoms with E-state index in [0.717, 1.165) is 4.68 Å². The number of amides is 1. The summed E-state index contributed by atoms with van der Waals surface area (Å²) >= 11 is 0. The number of aromatic nitrogens is 2. The van der Waals surface area contributed by atoms with Crippen molar-refractivity contribution in [2.45, 2.75) is 12.7 Å². The Balaban J connectivity index is 1.91. The molecule has 0 atom stereocenters. The molecule has 2 aromatic rings. The Bertz CT molecular complexity index is 770. The highest BCUT2D eigenvalue weighted by molar-refractivity contribution is 5.91. The molecule has 0 radical (unpaired) electrons. The average Bonchev–Trinajstić information content (AvgIpc) is 2.53. The number of halogens is 3. The summed E-state index contributed by atoms with van der Waals surface area (Å²) in [5.41, 5.74) is 0.427. The summed E-state index contributed by atoms with van der Waals surface area (Å²) in [6, 6.07) is 8.40. The van der Waals surface area contributed by atoms with Crippen LogP contribution in [0.4, 0.5) is 13.2 Å². The number of nitrogens with one attached hydrogen (secondary N) is 1. The zero-order chi connectivity index (χ0) is 17.7.